The number of carbonyl (C=O) groups excluding carboxylic acids is 3. The van der Waals surface area contributed by atoms with Crippen molar-refractivity contribution in [1.82, 2.24) is 9.88 Å². The van der Waals surface area contributed by atoms with Crippen molar-refractivity contribution in [3.63, 3.8) is 0 Å². The Morgan fingerprint density at radius 1 is 1.15 bits per heavy atom. The Kier molecular flexibility index (Phi) is 8.54. The zero-order valence-electron chi connectivity index (χ0n) is 23.0. The number of rotatable bonds is 4. The van der Waals surface area contributed by atoms with E-state index in [4.69, 9.17) is 16.3 Å². The lowest BCUT2D eigenvalue weighted by molar-refractivity contribution is -0.139. The predicted octanol–water partition coefficient (Wildman–Crippen LogP) is 5.41. The number of hydrogen-bond donors (Lipinski definition) is 1. The molecule has 2 aromatic carbocycles. The van der Waals surface area contributed by atoms with E-state index in [1.807, 2.05) is 36.1 Å². The Morgan fingerprint density at radius 3 is 2.76 bits per heavy atom. The fourth-order valence-electron chi connectivity index (χ4n) is 5.52. The second-order valence-electron chi connectivity index (χ2n) is 10.5. The van der Waals surface area contributed by atoms with Crippen LogP contribution in [0.1, 0.15) is 43.5 Å². The van der Waals surface area contributed by atoms with E-state index < -0.39 is 5.82 Å². The fourth-order valence-corrected chi connectivity index (χ4v) is 5.69. The average molecular weight is 579 g/mol. The van der Waals surface area contributed by atoms with Crippen LogP contribution in [0.25, 0.3) is 11.1 Å². The molecule has 2 amide bonds. The highest BCUT2D eigenvalue weighted by molar-refractivity contribution is 6.31. The standard InChI is InChI=1S/C31H32ClFN4O4/c1-19-5-3-7-26(37-14-13-36(18-28(37)38)27-8-4-6-23(32)30(27)33)25-17-21(11-12-34-25)22-10-9-20(16-29(39)41-2)15-24(22)35-31(19)40/h4,6,8-12,15,17,19,26H,3,5,7,13-14,16,18H2,1-2H3,(H,35,40)/t19-,26+/m1/s1. The number of piperazine rings is 1. The molecule has 0 radical (unpaired) electrons. The first kappa shape index (κ1) is 28.5. The summed E-state index contributed by atoms with van der Waals surface area (Å²) in [5.74, 6) is -1.40. The van der Waals surface area contributed by atoms with Gasteiger partial charge in [0.05, 0.1) is 42.5 Å². The minimum Gasteiger partial charge on any atom is -0.469 e. The van der Waals surface area contributed by atoms with Crippen LogP contribution in [0, 0.1) is 11.7 Å². The van der Waals surface area contributed by atoms with Crippen LogP contribution in [0.3, 0.4) is 0 Å². The molecule has 2 aliphatic rings. The van der Waals surface area contributed by atoms with Crippen LogP contribution in [-0.2, 0) is 25.5 Å². The summed E-state index contributed by atoms with van der Waals surface area (Å²) in [7, 11) is 1.34. The highest BCUT2D eigenvalue weighted by Crippen LogP contribution is 2.36. The van der Waals surface area contributed by atoms with E-state index >= 15 is 0 Å². The molecule has 1 fully saturated rings. The van der Waals surface area contributed by atoms with Crippen LogP contribution in [0.4, 0.5) is 15.8 Å². The van der Waals surface area contributed by atoms with Crippen molar-refractivity contribution in [3.8, 4) is 11.1 Å². The second kappa shape index (κ2) is 12.3. The van der Waals surface area contributed by atoms with Crippen molar-refractivity contribution < 1.29 is 23.5 Å². The summed E-state index contributed by atoms with van der Waals surface area (Å²) in [5.41, 5.74) is 4.01. The van der Waals surface area contributed by atoms with Crippen LogP contribution in [-0.4, -0.2) is 54.4 Å². The Bertz CT molecular complexity index is 1480. The number of anilines is 2. The van der Waals surface area contributed by atoms with Crippen LogP contribution in [0.15, 0.2) is 54.7 Å². The number of esters is 1. The van der Waals surface area contributed by atoms with Crippen molar-refractivity contribution in [2.45, 2.75) is 38.6 Å². The van der Waals surface area contributed by atoms with E-state index in [1.165, 1.54) is 13.2 Å². The third-order valence-corrected chi connectivity index (χ3v) is 8.11. The maximum absolute atomic E-state index is 14.7. The Morgan fingerprint density at radius 2 is 1.98 bits per heavy atom. The maximum atomic E-state index is 14.7. The summed E-state index contributed by atoms with van der Waals surface area (Å²) in [6.07, 6.45) is 3.77. The van der Waals surface area contributed by atoms with Gasteiger partial charge in [0.15, 0.2) is 5.82 Å². The van der Waals surface area contributed by atoms with Gasteiger partial charge in [0.25, 0.3) is 0 Å². The van der Waals surface area contributed by atoms with Crippen molar-refractivity contribution >= 4 is 40.8 Å². The number of nitrogens with zero attached hydrogens (tertiary/aromatic N) is 3. The predicted molar refractivity (Wildman–Crippen MR) is 155 cm³/mol. The zero-order valence-corrected chi connectivity index (χ0v) is 23.8. The molecule has 1 saturated heterocycles. The van der Waals surface area contributed by atoms with E-state index in [0.29, 0.717) is 43.7 Å². The first-order chi connectivity index (χ1) is 19.7. The normalized spacial score (nSPS) is 19.5. The average Bonchev–Trinajstić information content (AvgIpc) is 2.96. The molecule has 0 unspecified atom stereocenters. The topological polar surface area (TPSA) is 91.8 Å². The van der Waals surface area contributed by atoms with Gasteiger partial charge in [0.1, 0.15) is 0 Å². The number of ether oxygens (including phenoxy) is 1. The van der Waals surface area contributed by atoms with Gasteiger partial charge in [-0.15, -0.1) is 0 Å². The molecular weight excluding hydrogens is 547 g/mol. The molecule has 5 rings (SSSR count). The van der Waals surface area contributed by atoms with Crippen molar-refractivity contribution in [2.75, 3.05) is 37.0 Å². The van der Waals surface area contributed by atoms with E-state index in [2.05, 4.69) is 10.3 Å². The molecule has 1 aromatic heterocycles. The minimum atomic E-state index is -0.531. The van der Waals surface area contributed by atoms with Crippen LogP contribution < -0.4 is 10.2 Å². The van der Waals surface area contributed by atoms with Crippen molar-refractivity contribution in [2.24, 2.45) is 5.92 Å². The van der Waals surface area contributed by atoms with Crippen molar-refractivity contribution in [3.05, 3.63) is 76.8 Å². The minimum absolute atomic E-state index is 0.0218. The van der Waals surface area contributed by atoms with Gasteiger partial charge >= 0.3 is 5.97 Å². The molecular formula is C31H32ClFN4O4. The monoisotopic (exact) mass is 578 g/mol. The summed E-state index contributed by atoms with van der Waals surface area (Å²) in [6, 6.07) is 13.8. The first-order valence-corrected chi connectivity index (χ1v) is 14.1. The van der Waals surface area contributed by atoms with Crippen LogP contribution in [0.2, 0.25) is 5.02 Å². The maximum Gasteiger partial charge on any atom is 0.309 e. The number of carbonyl (C=O) groups is 3. The Hall–Kier alpha value is -3.98. The van der Waals surface area contributed by atoms with Gasteiger partial charge in [-0.05, 0) is 54.3 Å². The third kappa shape index (κ3) is 6.20. The Balaban J connectivity index is 1.47. The SMILES string of the molecule is COC(=O)Cc1ccc2c(c1)NC(=O)[C@H](C)CCC[C@H](N1CCN(c3cccc(Cl)c3F)CC1=O)c1cc-2ccn1. The molecule has 214 valence electrons. The van der Waals surface area contributed by atoms with Crippen LogP contribution in [0.5, 0.6) is 0 Å². The van der Waals surface area contributed by atoms with Crippen LogP contribution >= 0.6 is 11.6 Å². The zero-order chi connectivity index (χ0) is 29.1. The van der Waals surface area contributed by atoms with Gasteiger partial charge in [-0.25, -0.2) is 4.39 Å². The molecule has 3 heterocycles. The molecule has 0 spiro atoms. The Labute approximate surface area is 243 Å². The summed E-state index contributed by atoms with van der Waals surface area (Å²) >= 11 is 5.99. The molecule has 41 heavy (non-hydrogen) atoms. The number of fused-ring (bicyclic) bond motifs is 4. The lowest BCUT2D eigenvalue weighted by Crippen LogP contribution is -2.52. The lowest BCUT2D eigenvalue weighted by Gasteiger charge is -2.40. The molecule has 2 bridgehead atoms. The number of nitrogens with one attached hydrogen (secondary N) is 1. The van der Waals surface area contributed by atoms with Gasteiger partial charge in [0, 0.05) is 36.5 Å². The highest BCUT2D eigenvalue weighted by atomic mass is 35.5. The number of pyridine rings is 1. The fraction of sp³-hybridized carbons (Fsp3) is 0.355. The summed E-state index contributed by atoms with van der Waals surface area (Å²) < 4.78 is 19.5. The number of hydrogen-bond acceptors (Lipinski definition) is 6. The number of amides is 2. The third-order valence-electron chi connectivity index (χ3n) is 7.82. The summed E-state index contributed by atoms with van der Waals surface area (Å²) in [6.45, 7) is 2.75. The molecule has 2 atom stereocenters. The largest absolute Gasteiger partial charge is 0.469 e. The second-order valence-corrected chi connectivity index (χ2v) is 10.9. The quantitative estimate of drug-likeness (QED) is 0.417. The molecule has 1 N–H and O–H groups in total. The molecule has 8 nitrogen and oxygen atoms in total. The smallest absolute Gasteiger partial charge is 0.309 e. The number of benzene rings is 2. The van der Waals surface area contributed by atoms with Gasteiger partial charge in [-0.3, -0.25) is 19.4 Å². The first-order valence-electron chi connectivity index (χ1n) is 13.7. The van der Waals surface area contributed by atoms with Gasteiger partial charge < -0.3 is 19.9 Å². The molecule has 2 aliphatic heterocycles. The molecule has 0 aliphatic carbocycles. The van der Waals surface area contributed by atoms with Crippen molar-refractivity contribution in [1.29, 1.82) is 0 Å². The number of methoxy groups -OCH3 is 1. The molecule has 0 saturated carbocycles. The summed E-state index contributed by atoms with van der Waals surface area (Å²) in [5, 5.41) is 3.08. The molecule has 10 heteroatoms. The number of halogens is 2. The number of aromatic nitrogens is 1. The van der Waals surface area contributed by atoms with E-state index in [0.717, 1.165) is 22.4 Å². The van der Waals surface area contributed by atoms with E-state index in [1.54, 1.807) is 29.3 Å². The van der Waals surface area contributed by atoms with Gasteiger partial charge in [0.2, 0.25) is 11.8 Å². The summed E-state index contributed by atoms with van der Waals surface area (Å²) in [4.78, 5) is 46.7. The van der Waals surface area contributed by atoms with E-state index in [9.17, 15) is 18.8 Å². The molecule has 3 aromatic rings. The van der Waals surface area contributed by atoms with Gasteiger partial charge in [-0.1, -0.05) is 43.1 Å². The van der Waals surface area contributed by atoms with Gasteiger partial charge in [-0.2, -0.15) is 0 Å². The van der Waals surface area contributed by atoms with E-state index in [-0.39, 0.29) is 47.7 Å². The lowest BCUT2D eigenvalue weighted by atomic mass is 9.93. The highest BCUT2D eigenvalue weighted by Gasteiger charge is 2.33.